The highest BCUT2D eigenvalue weighted by molar-refractivity contribution is 6.09. The molecule has 0 radical (unpaired) electrons. The highest BCUT2D eigenvalue weighted by Crippen LogP contribution is 2.20. The van der Waals surface area contributed by atoms with Crippen LogP contribution < -0.4 is 5.32 Å². The van der Waals surface area contributed by atoms with Crippen molar-refractivity contribution in [2.75, 3.05) is 20.2 Å². The molecule has 0 unspecified atom stereocenters. The summed E-state index contributed by atoms with van der Waals surface area (Å²) in [5.41, 5.74) is 2.70. The van der Waals surface area contributed by atoms with Crippen LogP contribution in [0.1, 0.15) is 28.8 Å². The van der Waals surface area contributed by atoms with E-state index in [-0.39, 0.29) is 5.78 Å². The van der Waals surface area contributed by atoms with Gasteiger partial charge in [-0.05, 0) is 38.4 Å². The molecular formula is C15H19NO2. The van der Waals surface area contributed by atoms with Crippen LogP contribution in [-0.4, -0.2) is 26.0 Å². The van der Waals surface area contributed by atoms with E-state index in [0.717, 1.165) is 49.1 Å². The van der Waals surface area contributed by atoms with Gasteiger partial charge < -0.3 is 10.1 Å². The third-order valence-corrected chi connectivity index (χ3v) is 3.13. The fourth-order valence-electron chi connectivity index (χ4n) is 2.12. The largest absolute Gasteiger partial charge is 0.501 e. The minimum atomic E-state index is 0.112. The predicted molar refractivity (Wildman–Crippen MR) is 71.7 cm³/mol. The molecule has 1 aliphatic heterocycles. The van der Waals surface area contributed by atoms with Crippen molar-refractivity contribution in [3.63, 3.8) is 0 Å². The van der Waals surface area contributed by atoms with Gasteiger partial charge in [0.15, 0.2) is 5.78 Å². The number of benzene rings is 1. The number of ether oxygens (including phenoxy) is 1. The highest BCUT2D eigenvalue weighted by atomic mass is 16.5. The van der Waals surface area contributed by atoms with Crippen LogP contribution in [0.15, 0.2) is 36.1 Å². The average molecular weight is 245 g/mol. The zero-order valence-electron chi connectivity index (χ0n) is 10.7. The molecule has 1 aromatic carbocycles. The summed E-state index contributed by atoms with van der Waals surface area (Å²) in [6.45, 7) is 1.60. The van der Waals surface area contributed by atoms with Crippen LogP contribution in [0.2, 0.25) is 0 Å². The lowest BCUT2D eigenvalue weighted by Gasteiger charge is -2.14. The molecule has 18 heavy (non-hydrogen) atoms. The van der Waals surface area contributed by atoms with Gasteiger partial charge in [0, 0.05) is 11.1 Å². The van der Waals surface area contributed by atoms with Gasteiger partial charge in [0.1, 0.15) is 0 Å². The molecule has 3 nitrogen and oxygen atoms in total. The van der Waals surface area contributed by atoms with E-state index in [1.807, 2.05) is 31.3 Å². The molecule has 0 atom stereocenters. The molecule has 1 heterocycles. The van der Waals surface area contributed by atoms with Crippen molar-refractivity contribution in [2.24, 2.45) is 0 Å². The second kappa shape index (κ2) is 6.36. The molecule has 1 N–H and O–H groups in total. The Labute approximate surface area is 108 Å². The van der Waals surface area contributed by atoms with Crippen LogP contribution >= 0.6 is 0 Å². The van der Waals surface area contributed by atoms with Gasteiger partial charge in [0.05, 0.1) is 12.9 Å². The molecule has 0 aromatic heterocycles. The third-order valence-electron chi connectivity index (χ3n) is 3.13. The number of hydrogen-bond donors (Lipinski definition) is 1. The van der Waals surface area contributed by atoms with E-state index < -0.39 is 0 Å². The van der Waals surface area contributed by atoms with E-state index in [1.54, 1.807) is 6.26 Å². The number of nitrogens with one attached hydrogen (secondary N) is 1. The Balaban J connectivity index is 2.21. The van der Waals surface area contributed by atoms with Gasteiger partial charge in [-0.3, -0.25) is 4.79 Å². The fraction of sp³-hybridized carbons (Fsp3) is 0.400. The maximum absolute atomic E-state index is 12.4. The summed E-state index contributed by atoms with van der Waals surface area (Å²) in [6.07, 6.45) is 4.24. The molecule has 2 rings (SSSR count). The smallest absolute Gasteiger partial charge is 0.192 e. The second-order valence-electron chi connectivity index (χ2n) is 4.46. The van der Waals surface area contributed by atoms with Gasteiger partial charge >= 0.3 is 0 Å². The number of carbonyl (C=O) groups excluding carboxylic acids is 1. The lowest BCUT2D eigenvalue weighted by molar-refractivity contribution is 0.101. The minimum Gasteiger partial charge on any atom is -0.501 e. The summed E-state index contributed by atoms with van der Waals surface area (Å²) >= 11 is 0. The first kappa shape index (κ1) is 12.8. The number of likely N-dealkylation sites (N-methyl/N-ethyl adjacent to an activating group) is 1. The fourth-order valence-corrected chi connectivity index (χ4v) is 2.12. The summed E-state index contributed by atoms with van der Waals surface area (Å²) < 4.78 is 5.25. The summed E-state index contributed by atoms with van der Waals surface area (Å²) in [7, 11) is 1.92. The number of rotatable bonds is 5. The number of ketones is 1. The van der Waals surface area contributed by atoms with Crippen molar-refractivity contribution >= 4 is 5.78 Å². The van der Waals surface area contributed by atoms with Crippen LogP contribution in [0.4, 0.5) is 0 Å². The van der Waals surface area contributed by atoms with E-state index >= 15 is 0 Å². The van der Waals surface area contributed by atoms with Gasteiger partial charge in [-0.15, -0.1) is 0 Å². The molecule has 0 aliphatic carbocycles. The Kier molecular flexibility index (Phi) is 4.53. The normalized spacial score (nSPS) is 14.8. The summed E-state index contributed by atoms with van der Waals surface area (Å²) in [6, 6.07) is 7.82. The van der Waals surface area contributed by atoms with Crippen molar-refractivity contribution in [3.05, 3.63) is 47.2 Å². The first-order valence-corrected chi connectivity index (χ1v) is 6.41. The summed E-state index contributed by atoms with van der Waals surface area (Å²) in [5, 5.41) is 3.11. The van der Waals surface area contributed by atoms with Crippen molar-refractivity contribution < 1.29 is 9.53 Å². The zero-order valence-corrected chi connectivity index (χ0v) is 10.7. The Morgan fingerprint density at radius 1 is 1.39 bits per heavy atom. The van der Waals surface area contributed by atoms with Crippen molar-refractivity contribution in [3.8, 4) is 0 Å². The van der Waals surface area contributed by atoms with Crippen molar-refractivity contribution in [1.82, 2.24) is 5.32 Å². The predicted octanol–water partition coefficient (Wildman–Crippen LogP) is 2.33. The molecule has 0 saturated heterocycles. The van der Waals surface area contributed by atoms with Crippen LogP contribution in [0.5, 0.6) is 0 Å². The molecular weight excluding hydrogens is 226 g/mol. The molecule has 0 spiro atoms. The van der Waals surface area contributed by atoms with Gasteiger partial charge in [-0.25, -0.2) is 0 Å². The molecule has 1 aliphatic rings. The van der Waals surface area contributed by atoms with Gasteiger partial charge in [0.2, 0.25) is 0 Å². The van der Waals surface area contributed by atoms with Gasteiger partial charge in [-0.1, -0.05) is 24.3 Å². The Bertz CT molecular complexity index is 452. The molecule has 0 fully saturated rings. The molecule has 3 heteroatoms. The Morgan fingerprint density at radius 2 is 2.22 bits per heavy atom. The third kappa shape index (κ3) is 2.99. The lowest BCUT2D eigenvalue weighted by Crippen LogP contribution is -2.15. The maximum Gasteiger partial charge on any atom is 0.192 e. The van der Waals surface area contributed by atoms with Gasteiger partial charge in [0.25, 0.3) is 0 Å². The standard InChI is InChI=1S/C15H19NO2/c1-16-9-8-12-5-2-3-7-14(12)15(17)13-6-4-10-18-11-13/h2-3,5,7,11,16H,4,6,8-10H2,1H3. The first-order valence-electron chi connectivity index (χ1n) is 6.41. The quantitative estimate of drug-likeness (QED) is 0.809. The summed E-state index contributed by atoms with van der Waals surface area (Å²) in [4.78, 5) is 12.4. The van der Waals surface area contributed by atoms with Crippen LogP contribution in [-0.2, 0) is 11.2 Å². The van der Waals surface area contributed by atoms with E-state index in [1.165, 1.54) is 0 Å². The number of hydrogen-bond acceptors (Lipinski definition) is 3. The zero-order chi connectivity index (χ0) is 12.8. The van der Waals surface area contributed by atoms with E-state index in [9.17, 15) is 4.79 Å². The van der Waals surface area contributed by atoms with E-state index in [4.69, 9.17) is 4.74 Å². The SMILES string of the molecule is CNCCc1ccccc1C(=O)C1=COCCC1. The first-order chi connectivity index (χ1) is 8.83. The Morgan fingerprint density at radius 3 is 2.94 bits per heavy atom. The summed E-state index contributed by atoms with van der Waals surface area (Å²) in [5.74, 6) is 0.112. The Hall–Kier alpha value is -1.61. The van der Waals surface area contributed by atoms with E-state index in [2.05, 4.69) is 5.32 Å². The van der Waals surface area contributed by atoms with Crippen molar-refractivity contribution in [1.29, 1.82) is 0 Å². The monoisotopic (exact) mass is 245 g/mol. The molecule has 1 aromatic rings. The minimum absolute atomic E-state index is 0.112. The van der Waals surface area contributed by atoms with Crippen molar-refractivity contribution in [2.45, 2.75) is 19.3 Å². The van der Waals surface area contributed by atoms with Gasteiger partial charge in [-0.2, -0.15) is 0 Å². The molecule has 0 amide bonds. The molecule has 0 saturated carbocycles. The van der Waals surface area contributed by atoms with E-state index in [0.29, 0.717) is 0 Å². The molecule has 0 bridgehead atoms. The number of allylic oxidation sites excluding steroid dienone is 1. The average Bonchev–Trinajstić information content (AvgIpc) is 2.45. The van der Waals surface area contributed by atoms with Crippen LogP contribution in [0.25, 0.3) is 0 Å². The van der Waals surface area contributed by atoms with Crippen LogP contribution in [0, 0.1) is 0 Å². The number of carbonyl (C=O) groups is 1. The topological polar surface area (TPSA) is 38.3 Å². The van der Waals surface area contributed by atoms with Crippen LogP contribution in [0.3, 0.4) is 0 Å². The lowest BCUT2D eigenvalue weighted by atomic mass is 9.94. The molecule has 96 valence electrons. The maximum atomic E-state index is 12.4. The second-order valence-corrected chi connectivity index (χ2v) is 4.46. The number of Topliss-reactive ketones (excluding diaryl/α,β-unsaturated/α-hetero) is 1. The highest BCUT2D eigenvalue weighted by Gasteiger charge is 2.17.